The average Bonchev–Trinajstić information content (AvgIpc) is 3.42. The molecule has 1 aliphatic heterocycles. The van der Waals surface area contributed by atoms with Crippen molar-refractivity contribution < 1.29 is 4.57 Å². The van der Waals surface area contributed by atoms with Gasteiger partial charge in [0.05, 0.1) is 5.69 Å². The molecular weight excluding hydrogens is 430 g/mol. The third-order valence-corrected chi connectivity index (χ3v) is 7.38. The molecule has 3 N–H and O–H groups in total. The zero-order chi connectivity index (χ0) is 22.5. The minimum absolute atomic E-state index is 0.181. The van der Waals surface area contributed by atoms with Crippen molar-refractivity contribution in [2.45, 2.75) is 28.9 Å². The maximum atomic E-state index is 6.27. The highest BCUT2D eigenvalue weighted by Crippen LogP contribution is 2.45. The first kappa shape index (κ1) is 20.4. The summed E-state index contributed by atoms with van der Waals surface area (Å²) < 4.78 is 2.09. The smallest absolute Gasteiger partial charge is 0.232 e. The Balaban J connectivity index is 1.45. The summed E-state index contributed by atoms with van der Waals surface area (Å²) in [6.45, 7) is 1.74. The fourth-order valence-corrected chi connectivity index (χ4v) is 5.68. The first-order valence-corrected chi connectivity index (χ1v) is 12.1. The van der Waals surface area contributed by atoms with Crippen molar-refractivity contribution in [2.75, 3.05) is 30.4 Å². The fourth-order valence-electron chi connectivity index (χ4n) is 4.90. The molecule has 0 radical (unpaired) electrons. The summed E-state index contributed by atoms with van der Waals surface area (Å²) in [4.78, 5) is 18.1. The molecular formula is C25H26N7S+. The number of nitrogens with zero attached hydrogens (tertiary/aromatic N) is 5. The van der Waals surface area contributed by atoms with Crippen LogP contribution in [0.25, 0.3) is 22.2 Å². The maximum absolute atomic E-state index is 6.27. The van der Waals surface area contributed by atoms with Gasteiger partial charge < -0.3 is 16.0 Å². The van der Waals surface area contributed by atoms with Gasteiger partial charge in [0.25, 0.3) is 0 Å². The molecule has 4 heterocycles. The van der Waals surface area contributed by atoms with Crippen LogP contribution >= 0.6 is 11.8 Å². The van der Waals surface area contributed by atoms with E-state index in [2.05, 4.69) is 44.0 Å². The van der Waals surface area contributed by atoms with E-state index < -0.39 is 0 Å². The van der Waals surface area contributed by atoms with Crippen LogP contribution in [0.5, 0.6) is 0 Å². The molecule has 7 nitrogen and oxygen atoms in total. The van der Waals surface area contributed by atoms with Crippen LogP contribution in [0.1, 0.15) is 17.7 Å². The van der Waals surface area contributed by atoms with Gasteiger partial charge in [-0.05, 0) is 41.4 Å². The summed E-state index contributed by atoms with van der Waals surface area (Å²) >= 11 is 1.57. The summed E-state index contributed by atoms with van der Waals surface area (Å²) in [6, 6.07) is 12.8. The molecule has 0 bridgehead atoms. The van der Waals surface area contributed by atoms with E-state index in [1.807, 2.05) is 38.6 Å². The van der Waals surface area contributed by atoms with Gasteiger partial charge >= 0.3 is 0 Å². The number of nitrogens with one attached hydrogen (secondary N) is 1. The zero-order valence-corrected chi connectivity index (χ0v) is 19.6. The number of benzene rings is 1. The first-order chi connectivity index (χ1) is 16.1. The highest BCUT2D eigenvalue weighted by Gasteiger charge is 2.31. The number of rotatable bonds is 4. The van der Waals surface area contributed by atoms with Gasteiger partial charge in [0, 0.05) is 67.1 Å². The van der Waals surface area contributed by atoms with Gasteiger partial charge in [-0.1, -0.05) is 12.1 Å². The van der Waals surface area contributed by atoms with Crippen molar-refractivity contribution >= 4 is 34.3 Å². The van der Waals surface area contributed by atoms with E-state index in [0.717, 1.165) is 69.8 Å². The number of pyridine rings is 2. The van der Waals surface area contributed by atoms with E-state index >= 15 is 0 Å². The SMILES string of the molecule is CNc1cccc2c1Cc1nc(Sc3cnc4ccc[n+](C)c4c3)nc(N3CC[C@H](N)C3)c1-2. The molecule has 2 aliphatic rings. The van der Waals surface area contributed by atoms with Gasteiger partial charge in [-0.2, -0.15) is 4.57 Å². The van der Waals surface area contributed by atoms with Crippen LogP contribution < -0.4 is 20.5 Å². The Morgan fingerprint density at radius 1 is 1.21 bits per heavy atom. The minimum Gasteiger partial charge on any atom is -0.388 e. The molecule has 4 aromatic rings. The van der Waals surface area contributed by atoms with Crippen LogP contribution in [0.2, 0.25) is 0 Å². The first-order valence-electron chi connectivity index (χ1n) is 11.2. The Morgan fingerprint density at radius 3 is 2.94 bits per heavy atom. The Hall–Kier alpha value is -3.23. The second-order valence-electron chi connectivity index (χ2n) is 8.70. The Labute approximate surface area is 197 Å². The van der Waals surface area contributed by atoms with Gasteiger partial charge in [-0.25, -0.2) is 15.0 Å². The molecule has 1 atom stereocenters. The Morgan fingerprint density at radius 2 is 2.12 bits per heavy atom. The number of aromatic nitrogens is 4. The number of anilines is 2. The number of hydrogen-bond acceptors (Lipinski definition) is 7. The standard InChI is InChI=1S/C25H26N7S/c1-27-19-6-3-5-17-18(19)12-21-23(17)24(32-10-8-15(26)14-32)30-25(29-21)33-16-11-22-20(28-13-16)7-4-9-31(22)2/h3-7,9,11,13,15,27H,8,10,12,14,26H2,1-2H3/q+1/t15-/m0/s1. The van der Waals surface area contributed by atoms with Gasteiger partial charge in [0.1, 0.15) is 18.4 Å². The molecule has 6 rings (SSSR count). The van der Waals surface area contributed by atoms with Crippen molar-refractivity contribution in [3.05, 3.63) is 60.0 Å². The molecule has 0 amide bonds. The maximum Gasteiger partial charge on any atom is 0.232 e. The van der Waals surface area contributed by atoms with Crippen LogP contribution in [0.4, 0.5) is 11.5 Å². The predicted octanol–water partition coefficient (Wildman–Crippen LogP) is 3.15. The van der Waals surface area contributed by atoms with Crippen LogP contribution in [0, 0.1) is 0 Å². The highest BCUT2D eigenvalue weighted by atomic mass is 32.2. The molecule has 1 aromatic carbocycles. The molecule has 0 saturated carbocycles. The van der Waals surface area contributed by atoms with Crippen molar-refractivity contribution in [3.8, 4) is 11.1 Å². The number of fused-ring (bicyclic) bond motifs is 4. The second kappa shape index (κ2) is 7.97. The highest BCUT2D eigenvalue weighted by molar-refractivity contribution is 7.99. The van der Waals surface area contributed by atoms with Gasteiger partial charge in [0.2, 0.25) is 5.52 Å². The second-order valence-corrected chi connectivity index (χ2v) is 9.74. The lowest BCUT2D eigenvalue weighted by atomic mass is 10.1. The van der Waals surface area contributed by atoms with E-state index in [4.69, 9.17) is 15.7 Å². The van der Waals surface area contributed by atoms with Crippen LogP contribution in [-0.2, 0) is 13.5 Å². The third-order valence-electron chi connectivity index (χ3n) is 6.55. The van der Waals surface area contributed by atoms with Crippen LogP contribution in [0.15, 0.2) is 58.8 Å². The van der Waals surface area contributed by atoms with E-state index in [-0.39, 0.29) is 6.04 Å². The molecule has 0 spiro atoms. The van der Waals surface area contributed by atoms with E-state index in [0.29, 0.717) is 0 Å². The molecule has 166 valence electrons. The van der Waals surface area contributed by atoms with Crippen molar-refractivity contribution in [3.63, 3.8) is 0 Å². The van der Waals surface area contributed by atoms with Crippen LogP contribution in [-0.4, -0.2) is 41.1 Å². The van der Waals surface area contributed by atoms with Gasteiger partial charge in [0.15, 0.2) is 11.4 Å². The number of hydrogen-bond donors (Lipinski definition) is 2. The molecule has 0 unspecified atom stereocenters. The summed E-state index contributed by atoms with van der Waals surface area (Å²) in [5.41, 5.74) is 14.2. The normalized spacial score (nSPS) is 16.8. The lowest BCUT2D eigenvalue weighted by Gasteiger charge is -2.21. The lowest BCUT2D eigenvalue weighted by molar-refractivity contribution is -0.645. The minimum atomic E-state index is 0.181. The van der Waals surface area contributed by atoms with Gasteiger partial charge in [-0.3, -0.25) is 0 Å². The van der Waals surface area contributed by atoms with Crippen LogP contribution in [0.3, 0.4) is 0 Å². The molecule has 1 fully saturated rings. The molecule has 33 heavy (non-hydrogen) atoms. The van der Waals surface area contributed by atoms with E-state index in [9.17, 15) is 0 Å². The monoisotopic (exact) mass is 456 g/mol. The van der Waals surface area contributed by atoms with E-state index in [1.165, 1.54) is 11.1 Å². The Bertz CT molecular complexity index is 1390. The summed E-state index contributed by atoms with van der Waals surface area (Å²) in [6.07, 6.45) is 5.73. The van der Waals surface area contributed by atoms with Crippen molar-refractivity contribution in [2.24, 2.45) is 12.8 Å². The van der Waals surface area contributed by atoms with E-state index in [1.54, 1.807) is 11.8 Å². The summed E-state index contributed by atoms with van der Waals surface area (Å²) in [5.74, 6) is 1.00. The third kappa shape index (κ3) is 3.50. The van der Waals surface area contributed by atoms with Gasteiger partial charge in [-0.15, -0.1) is 0 Å². The lowest BCUT2D eigenvalue weighted by Crippen LogP contribution is -2.28. The summed E-state index contributed by atoms with van der Waals surface area (Å²) in [7, 11) is 4.01. The number of aryl methyl sites for hydroxylation is 1. The van der Waals surface area contributed by atoms with Crippen molar-refractivity contribution in [1.29, 1.82) is 0 Å². The molecule has 1 aliphatic carbocycles. The molecule has 3 aromatic heterocycles. The summed E-state index contributed by atoms with van der Waals surface area (Å²) in [5, 5.41) is 4.09. The zero-order valence-electron chi connectivity index (χ0n) is 18.7. The Kier molecular flexibility index (Phi) is 4.92. The average molecular weight is 457 g/mol. The predicted molar refractivity (Wildman–Crippen MR) is 132 cm³/mol. The topological polar surface area (TPSA) is 83.8 Å². The largest absolute Gasteiger partial charge is 0.388 e. The molecule has 1 saturated heterocycles. The van der Waals surface area contributed by atoms with Crippen molar-refractivity contribution in [1.82, 2.24) is 15.0 Å². The quantitative estimate of drug-likeness (QED) is 0.317. The number of nitrogens with two attached hydrogens (primary N) is 1. The fraction of sp³-hybridized carbons (Fsp3) is 0.280. The molecule has 8 heteroatoms.